The van der Waals surface area contributed by atoms with Gasteiger partial charge in [0.25, 0.3) is 11.8 Å². The average molecular weight is 318 g/mol. The average Bonchev–Trinajstić information content (AvgIpc) is 3.07. The first kappa shape index (κ1) is 17.0. The van der Waals surface area contributed by atoms with Crippen molar-refractivity contribution in [3.05, 3.63) is 34.9 Å². The number of carboxylic acid groups (broad SMARTS) is 1. The van der Waals surface area contributed by atoms with E-state index in [9.17, 15) is 19.5 Å². The standard InChI is InChI=1S/C17H22N2O4/c1-3-6-18(2)15(20)12-9-13(11-14(10-12)17(22)23)16(21)19-7-4-5-8-19/h9-11H,3-8H2,1-2H3,(H,22,23). The molecule has 6 nitrogen and oxygen atoms in total. The maximum atomic E-state index is 12.5. The molecule has 1 aromatic carbocycles. The van der Waals surface area contributed by atoms with Gasteiger partial charge in [-0.25, -0.2) is 4.79 Å². The Morgan fingerprint density at radius 1 is 1.09 bits per heavy atom. The molecule has 0 saturated carbocycles. The van der Waals surface area contributed by atoms with Gasteiger partial charge in [0, 0.05) is 37.8 Å². The van der Waals surface area contributed by atoms with Crippen molar-refractivity contribution in [1.82, 2.24) is 9.80 Å². The molecule has 0 radical (unpaired) electrons. The van der Waals surface area contributed by atoms with Crippen LogP contribution in [-0.4, -0.2) is 59.4 Å². The van der Waals surface area contributed by atoms with Gasteiger partial charge in [-0.05, 0) is 37.5 Å². The zero-order valence-corrected chi connectivity index (χ0v) is 13.5. The fourth-order valence-electron chi connectivity index (χ4n) is 2.76. The van der Waals surface area contributed by atoms with Crippen molar-refractivity contribution in [1.29, 1.82) is 0 Å². The van der Waals surface area contributed by atoms with Crippen molar-refractivity contribution in [3.8, 4) is 0 Å². The molecule has 0 aromatic heterocycles. The minimum absolute atomic E-state index is 0.0386. The Kier molecular flexibility index (Phi) is 5.36. The number of hydrogen-bond acceptors (Lipinski definition) is 3. The minimum atomic E-state index is -1.15. The quantitative estimate of drug-likeness (QED) is 0.902. The molecule has 0 bridgehead atoms. The topological polar surface area (TPSA) is 77.9 Å². The van der Waals surface area contributed by atoms with Gasteiger partial charge in [0.05, 0.1) is 5.56 Å². The maximum absolute atomic E-state index is 12.5. The van der Waals surface area contributed by atoms with E-state index in [1.807, 2.05) is 6.92 Å². The first-order valence-corrected chi connectivity index (χ1v) is 7.87. The van der Waals surface area contributed by atoms with E-state index in [0.29, 0.717) is 19.6 Å². The molecule has 2 rings (SSSR count). The molecule has 1 fully saturated rings. The van der Waals surface area contributed by atoms with Crippen LogP contribution < -0.4 is 0 Å². The number of benzene rings is 1. The molecule has 23 heavy (non-hydrogen) atoms. The molecule has 1 saturated heterocycles. The number of likely N-dealkylation sites (tertiary alicyclic amines) is 1. The number of carboxylic acids is 1. The highest BCUT2D eigenvalue weighted by Gasteiger charge is 2.23. The molecule has 1 aliphatic rings. The largest absolute Gasteiger partial charge is 0.478 e. The van der Waals surface area contributed by atoms with Gasteiger partial charge >= 0.3 is 5.97 Å². The molecule has 0 atom stereocenters. The summed E-state index contributed by atoms with van der Waals surface area (Å²) in [4.78, 5) is 39.5. The van der Waals surface area contributed by atoms with E-state index in [1.165, 1.54) is 23.1 Å². The highest BCUT2D eigenvalue weighted by Crippen LogP contribution is 2.17. The predicted octanol–water partition coefficient (Wildman–Crippen LogP) is 2.10. The van der Waals surface area contributed by atoms with Gasteiger partial charge in [-0.2, -0.15) is 0 Å². The van der Waals surface area contributed by atoms with Gasteiger partial charge in [-0.15, -0.1) is 0 Å². The number of nitrogens with zero attached hydrogens (tertiary/aromatic N) is 2. The second-order valence-corrected chi connectivity index (χ2v) is 5.83. The fraction of sp³-hybridized carbons (Fsp3) is 0.471. The van der Waals surface area contributed by atoms with Gasteiger partial charge in [0.15, 0.2) is 0 Å². The summed E-state index contributed by atoms with van der Waals surface area (Å²) in [6.07, 6.45) is 2.71. The van der Waals surface area contributed by atoms with Crippen LogP contribution in [0.25, 0.3) is 0 Å². The molecule has 0 aliphatic carbocycles. The monoisotopic (exact) mass is 318 g/mol. The lowest BCUT2D eigenvalue weighted by atomic mass is 10.0. The first-order chi connectivity index (χ1) is 10.9. The van der Waals surface area contributed by atoms with Crippen molar-refractivity contribution in [3.63, 3.8) is 0 Å². The summed E-state index contributed by atoms with van der Waals surface area (Å²) in [5, 5.41) is 9.25. The third-order valence-corrected chi connectivity index (χ3v) is 3.97. The zero-order chi connectivity index (χ0) is 17.0. The molecule has 0 spiro atoms. The van der Waals surface area contributed by atoms with Crippen molar-refractivity contribution in [2.45, 2.75) is 26.2 Å². The Hall–Kier alpha value is -2.37. The number of amides is 2. The predicted molar refractivity (Wildman–Crippen MR) is 85.8 cm³/mol. The second-order valence-electron chi connectivity index (χ2n) is 5.83. The van der Waals surface area contributed by atoms with E-state index < -0.39 is 5.97 Å². The third-order valence-electron chi connectivity index (χ3n) is 3.97. The van der Waals surface area contributed by atoms with Crippen molar-refractivity contribution < 1.29 is 19.5 Å². The number of aromatic carboxylic acids is 1. The Labute approximate surface area is 135 Å². The molecule has 1 heterocycles. The number of carbonyl (C=O) groups is 3. The SMILES string of the molecule is CCCN(C)C(=O)c1cc(C(=O)O)cc(C(=O)N2CCCC2)c1. The summed E-state index contributed by atoms with van der Waals surface area (Å²) < 4.78 is 0. The normalized spacial score (nSPS) is 13.9. The highest BCUT2D eigenvalue weighted by atomic mass is 16.4. The van der Waals surface area contributed by atoms with Gasteiger partial charge in [-0.3, -0.25) is 9.59 Å². The highest BCUT2D eigenvalue weighted by molar-refractivity contribution is 6.03. The smallest absolute Gasteiger partial charge is 0.335 e. The molecular weight excluding hydrogens is 296 g/mol. The third kappa shape index (κ3) is 3.88. The van der Waals surface area contributed by atoms with Crippen LogP contribution in [0.2, 0.25) is 0 Å². The van der Waals surface area contributed by atoms with Gasteiger partial charge in [0.2, 0.25) is 0 Å². The Morgan fingerprint density at radius 2 is 1.65 bits per heavy atom. The lowest BCUT2D eigenvalue weighted by molar-refractivity contribution is 0.0697. The molecule has 1 aliphatic heterocycles. The summed E-state index contributed by atoms with van der Waals surface area (Å²) in [7, 11) is 1.67. The van der Waals surface area contributed by atoms with Crippen molar-refractivity contribution in [2.75, 3.05) is 26.7 Å². The van der Waals surface area contributed by atoms with Crippen LogP contribution in [0.3, 0.4) is 0 Å². The number of hydrogen-bond donors (Lipinski definition) is 1. The van der Waals surface area contributed by atoms with Crippen molar-refractivity contribution in [2.24, 2.45) is 0 Å². The lowest BCUT2D eigenvalue weighted by Gasteiger charge is -2.19. The van der Waals surface area contributed by atoms with Gasteiger partial charge < -0.3 is 14.9 Å². The summed E-state index contributed by atoms with van der Waals surface area (Å²) in [6.45, 7) is 3.88. The number of carbonyl (C=O) groups excluding carboxylic acids is 2. The summed E-state index contributed by atoms with van der Waals surface area (Å²) >= 11 is 0. The van der Waals surface area contributed by atoms with Crippen LogP contribution in [0, 0.1) is 0 Å². The molecular formula is C17H22N2O4. The van der Waals surface area contributed by atoms with Gasteiger partial charge in [0.1, 0.15) is 0 Å². The number of rotatable bonds is 5. The van der Waals surface area contributed by atoms with Crippen LogP contribution in [0.15, 0.2) is 18.2 Å². The Balaban J connectivity index is 2.37. The van der Waals surface area contributed by atoms with E-state index >= 15 is 0 Å². The first-order valence-electron chi connectivity index (χ1n) is 7.87. The lowest BCUT2D eigenvalue weighted by Crippen LogP contribution is -2.30. The van der Waals surface area contributed by atoms with E-state index in [-0.39, 0.29) is 28.5 Å². The molecule has 124 valence electrons. The van der Waals surface area contributed by atoms with Crippen LogP contribution in [-0.2, 0) is 0 Å². The maximum Gasteiger partial charge on any atom is 0.335 e. The van der Waals surface area contributed by atoms with Crippen LogP contribution in [0.1, 0.15) is 57.3 Å². The molecule has 6 heteroatoms. The van der Waals surface area contributed by atoms with Crippen LogP contribution in [0.5, 0.6) is 0 Å². The summed E-state index contributed by atoms with van der Waals surface area (Å²) in [6, 6.07) is 4.18. The zero-order valence-electron chi connectivity index (χ0n) is 13.5. The summed E-state index contributed by atoms with van der Waals surface area (Å²) in [5.74, 6) is -1.63. The molecule has 1 aromatic rings. The van der Waals surface area contributed by atoms with Crippen LogP contribution >= 0.6 is 0 Å². The minimum Gasteiger partial charge on any atom is -0.478 e. The van der Waals surface area contributed by atoms with E-state index in [2.05, 4.69) is 0 Å². The van der Waals surface area contributed by atoms with E-state index in [1.54, 1.807) is 11.9 Å². The molecule has 2 amide bonds. The van der Waals surface area contributed by atoms with Gasteiger partial charge in [-0.1, -0.05) is 6.92 Å². The van der Waals surface area contributed by atoms with E-state index in [0.717, 1.165) is 19.3 Å². The molecule has 1 N–H and O–H groups in total. The Bertz CT molecular complexity index is 621. The summed E-state index contributed by atoms with van der Waals surface area (Å²) in [5.41, 5.74) is 0.465. The molecule has 0 unspecified atom stereocenters. The fourth-order valence-corrected chi connectivity index (χ4v) is 2.76. The van der Waals surface area contributed by atoms with E-state index in [4.69, 9.17) is 0 Å². The van der Waals surface area contributed by atoms with Crippen LogP contribution in [0.4, 0.5) is 0 Å². The van der Waals surface area contributed by atoms with Crippen molar-refractivity contribution >= 4 is 17.8 Å². The Morgan fingerprint density at radius 3 is 2.22 bits per heavy atom. The second kappa shape index (κ2) is 7.26.